The zero-order chi connectivity index (χ0) is 17.3. The number of anilines is 1. The molecule has 6 heteroatoms. The minimum Gasteiger partial charge on any atom is -0.461 e. The van der Waals surface area contributed by atoms with E-state index in [0.29, 0.717) is 32.8 Å². The molecule has 0 saturated carbocycles. The Morgan fingerprint density at radius 1 is 1.08 bits per heavy atom. The number of rotatable bonds is 3. The number of halogens is 3. The van der Waals surface area contributed by atoms with E-state index >= 15 is 0 Å². The molecular formula is C18H12BrCl2NO2. The highest BCUT2D eigenvalue weighted by Crippen LogP contribution is 2.29. The third-order valence-corrected chi connectivity index (χ3v) is 4.55. The van der Waals surface area contributed by atoms with Crippen molar-refractivity contribution in [2.45, 2.75) is 6.92 Å². The molecule has 1 amide bonds. The highest BCUT2D eigenvalue weighted by atomic mass is 79.9. The zero-order valence-corrected chi connectivity index (χ0v) is 15.7. The molecule has 0 saturated heterocycles. The van der Waals surface area contributed by atoms with Crippen molar-refractivity contribution >= 4 is 50.7 Å². The molecule has 1 aromatic heterocycles. The largest absolute Gasteiger partial charge is 0.461 e. The van der Waals surface area contributed by atoms with Gasteiger partial charge in [-0.25, -0.2) is 0 Å². The van der Waals surface area contributed by atoms with Crippen LogP contribution in [-0.4, -0.2) is 5.91 Å². The molecule has 3 rings (SSSR count). The second kappa shape index (κ2) is 7.01. The summed E-state index contributed by atoms with van der Waals surface area (Å²) < 4.78 is 6.70. The van der Waals surface area contributed by atoms with Crippen LogP contribution in [0, 0.1) is 6.92 Å². The number of benzene rings is 2. The number of amides is 1. The molecule has 0 aliphatic heterocycles. The van der Waals surface area contributed by atoms with Crippen molar-refractivity contribution in [3.05, 3.63) is 74.4 Å². The maximum Gasteiger partial charge on any atom is 0.259 e. The van der Waals surface area contributed by atoms with E-state index < -0.39 is 0 Å². The van der Waals surface area contributed by atoms with Crippen molar-refractivity contribution in [3.63, 3.8) is 0 Å². The molecule has 0 atom stereocenters. The van der Waals surface area contributed by atoms with Crippen molar-refractivity contribution in [1.29, 1.82) is 0 Å². The molecule has 3 nitrogen and oxygen atoms in total. The summed E-state index contributed by atoms with van der Waals surface area (Å²) in [6.45, 7) is 1.75. The number of nitrogens with one attached hydrogen (secondary N) is 1. The average Bonchev–Trinajstić information content (AvgIpc) is 2.93. The summed E-state index contributed by atoms with van der Waals surface area (Å²) in [6, 6.07) is 14.3. The molecule has 1 N–H and O–H groups in total. The maximum atomic E-state index is 12.5. The van der Waals surface area contributed by atoms with Crippen LogP contribution in [0.5, 0.6) is 0 Å². The van der Waals surface area contributed by atoms with Gasteiger partial charge < -0.3 is 9.73 Å². The summed E-state index contributed by atoms with van der Waals surface area (Å²) in [4.78, 5) is 12.5. The first-order valence-electron chi connectivity index (χ1n) is 7.07. The van der Waals surface area contributed by atoms with Gasteiger partial charge in [-0.15, -0.1) is 0 Å². The van der Waals surface area contributed by atoms with E-state index in [-0.39, 0.29) is 5.91 Å². The molecule has 0 spiro atoms. The van der Waals surface area contributed by atoms with Crippen LogP contribution in [-0.2, 0) is 0 Å². The van der Waals surface area contributed by atoms with E-state index in [9.17, 15) is 4.79 Å². The Balaban J connectivity index is 1.86. The van der Waals surface area contributed by atoms with Gasteiger partial charge in [-0.3, -0.25) is 4.79 Å². The van der Waals surface area contributed by atoms with Gasteiger partial charge >= 0.3 is 0 Å². The van der Waals surface area contributed by atoms with Gasteiger partial charge in [0.1, 0.15) is 11.5 Å². The number of carbonyl (C=O) groups excluding carboxylic acids is 1. The quantitative estimate of drug-likeness (QED) is 0.516. The van der Waals surface area contributed by atoms with Crippen LogP contribution < -0.4 is 5.32 Å². The smallest absolute Gasteiger partial charge is 0.259 e. The topological polar surface area (TPSA) is 42.2 Å². The molecular weight excluding hydrogens is 413 g/mol. The highest BCUT2D eigenvalue weighted by molar-refractivity contribution is 9.10. The van der Waals surface area contributed by atoms with Crippen LogP contribution in [0.3, 0.4) is 0 Å². The third-order valence-electron chi connectivity index (χ3n) is 3.47. The van der Waals surface area contributed by atoms with E-state index in [0.717, 1.165) is 10.0 Å². The molecule has 2 aromatic carbocycles. The van der Waals surface area contributed by atoms with E-state index in [4.69, 9.17) is 27.6 Å². The fourth-order valence-corrected chi connectivity index (χ4v) is 2.96. The molecule has 0 fully saturated rings. The predicted octanol–water partition coefficient (Wildman–Crippen LogP) is 6.58. The lowest BCUT2D eigenvalue weighted by molar-refractivity contribution is 0.102. The average molecular weight is 425 g/mol. The first-order chi connectivity index (χ1) is 11.4. The van der Waals surface area contributed by atoms with Crippen LogP contribution in [0.2, 0.25) is 10.0 Å². The molecule has 24 heavy (non-hydrogen) atoms. The van der Waals surface area contributed by atoms with Crippen molar-refractivity contribution in [3.8, 4) is 11.3 Å². The van der Waals surface area contributed by atoms with Gasteiger partial charge in [0.15, 0.2) is 0 Å². The van der Waals surface area contributed by atoms with Crippen molar-refractivity contribution in [1.82, 2.24) is 0 Å². The molecule has 0 radical (unpaired) electrons. The Hall–Kier alpha value is -1.75. The Morgan fingerprint density at radius 3 is 2.46 bits per heavy atom. The monoisotopic (exact) mass is 423 g/mol. The molecule has 0 aliphatic carbocycles. The van der Waals surface area contributed by atoms with Gasteiger partial charge in [0.25, 0.3) is 5.91 Å². The van der Waals surface area contributed by atoms with Crippen LogP contribution in [0.4, 0.5) is 5.69 Å². The van der Waals surface area contributed by atoms with Crippen LogP contribution in [0.1, 0.15) is 16.1 Å². The lowest BCUT2D eigenvalue weighted by atomic mass is 10.1. The van der Waals surface area contributed by atoms with Crippen molar-refractivity contribution in [2.75, 3.05) is 5.32 Å². The highest BCUT2D eigenvalue weighted by Gasteiger charge is 2.17. The number of carbonyl (C=O) groups is 1. The second-order valence-electron chi connectivity index (χ2n) is 5.17. The van der Waals surface area contributed by atoms with Crippen LogP contribution >= 0.6 is 39.1 Å². The Bertz CT molecular complexity index is 904. The Morgan fingerprint density at radius 2 is 1.79 bits per heavy atom. The number of aryl methyl sites for hydroxylation is 1. The van der Waals surface area contributed by atoms with E-state index in [1.807, 2.05) is 24.3 Å². The summed E-state index contributed by atoms with van der Waals surface area (Å²) in [5.41, 5.74) is 1.85. The lowest BCUT2D eigenvalue weighted by Crippen LogP contribution is -2.12. The van der Waals surface area contributed by atoms with Gasteiger partial charge in [-0.05, 0) is 43.3 Å². The van der Waals surface area contributed by atoms with E-state index in [2.05, 4.69) is 21.2 Å². The minimum absolute atomic E-state index is 0.288. The number of hydrogen-bond donors (Lipinski definition) is 1. The van der Waals surface area contributed by atoms with Crippen LogP contribution in [0.25, 0.3) is 11.3 Å². The SMILES string of the molecule is Cc1oc(-c2ccc(Br)cc2)cc1C(=O)Nc1ccc(Cl)cc1Cl. The van der Waals surface area contributed by atoms with Crippen LogP contribution in [0.15, 0.2) is 57.4 Å². The first kappa shape index (κ1) is 17.1. The van der Waals surface area contributed by atoms with E-state index in [1.165, 1.54) is 0 Å². The van der Waals surface area contributed by atoms with E-state index in [1.54, 1.807) is 31.2 Å². The van der Waals surface area contributed by atoms with Gasteiger partial charge in [-0.1, -0.05) is 51.3 Å². The first-order valence-corrected chi connectivity index (χ1v) is 8.61. The van der Waals surface area contributed by atoms with Gasteiger partial charge in [-0.2, -0.15) is 0 Å². The molecule has 0 bridgehead atoms. The molecule has 0 unspecified atom stereocenters. The summed E-state index contributed by atoms with van der Waals surface area (Å²) in [5, 5.41) is 3.66. The summed E-state index contributed by atoms with van der Waals surface area (Å²) in [7, 11) is 0. The predicted molar refractivity (Wildman–Crippen MR) is 101 cm³/mol. The fraction of sp³-hybridized carbons (Fsp3) is 0.0556. The fourth-order valence-electron chi connectivity index (χ4n) is 2.24. The molecule has 3 aromatic rings. The molecule has 0 aliphatic rings. The van der Waals surface area contributed by atoms with Gasteiger partial charge in [0.05, 0.1) is 16.3 Å². The number of furan rings is 1. The lowest BCUT2D eigenvalue weighted by Gasteiger charge is -2.06. The van der Waals surface area contributed by atoms with Crippen molar-refractivity contribution in [2.24, 2.45) is 0 Å². The third kappa shape index (κ3) is 3.66. The number of hydrogen-bond acceptors (Lipinski definition) is 2. The van der Waals surface area contributed by atoms with Crippen molar-refractivity contribution < 1.29 is 9.21 Å². The molecule has 122 valence electrons. The van der Waals surface area contributed by atoms with Gasteiger partial charge in [0.2, 0.25) is 0 Å². The summed E-state index contributed by atoms with van der Waals surface area (Å²) >= 11 is 15.3. The summed E-state index contributed by atoms with van der Waals surface area (Å²) in [5.74, 6) is 0.881. The zero-order valence-electron chi connectivity index (χ0n) is 12.6. The minimum atomic E-state index is -0.288. The normalized spacial score (nSPS) is 10.7. The maximum absolute atomic E-state index is 12.5. The summed E-state index contributed by atoms with van der Waals surface area (Å²) in [6.07, 6.45) is 0. The van der Waals surface area contributed by atoms with Gasteiger partial charge in [0, 0.05) is 15.1 Å². The Kier molecular flexibility index (Phi) is 4.99. The molecule has 1 heterocycles. The standard InChI is InChI=1S/C18H12BrCl2NO2/c1-10-14(9-17(24-10)11-2-4-12(19)5-3-11)18(23)22-16-7-6-13(20)8-15(16)21/h2-9H,1H3,(H,22,23). The second-order valence-corrected chi connectivity index (χ2v) is 6.93. The Labute approximate surface area is 157 Å².